The van der Waals surface area contributed by atoms with E-state index in [1.54, 1.807) is 22.9 Å². The highest BCUT2D eigenvalue weighted by molar-refractivity contribution is 5.77. The average Bonchev–Trinajstić information content (AvgIpc) is 2.84. The predicted octanol–water partition coefficient (Wildman–Crippen LogP) is 1.01. The van der Waals surface area contributed by atoms with Gasteiger partial charge in [0, 0.05) is 32.3 Å². The third-order valence-electron chi connectivity index (χ3n) is 2.88. The van der Waals surface area contributed by atoms with Crippen LogP contribution in [0.4, 0.5) is 0 Å². The summed E-state index contributed by atoms with van der Waals surface area (Å²) in [7, 11) is 0. The number of carbonyl (C=O) groups excluding carboxylic acids is 2. The zero-order valence-electron chi connectivity index (χ0n) is 10.9. The van der Waals surface area contributed by atoms with Crippen LogP contribution in [0.5, 0.6) is 0 Å². The second-order valence-electron chi connectivity index (χ2n) is 4.11. The van der Waals surface area contributed by atoms with Gasteiger partial charge in [-0.15, -0.1) is 0 Å². The number of amides is 1. The van der Waals surface area contributed by atoms with Gasteiger partial charge in [0.05, 0.1) is 12.1 Å². The molecule has 1 aromatic rings. The molecule has 0 aliphatic carbocycles. The Hall–Kier alpha value is -2.11. The van der Waals surface area contributed by atoms with Crippen molar-refractivity contribution in [2.75, 3.05) is 13.1 Å². The van der Waals surface area contributed by atoms with Gasteiger partial charge in [-0.3, -0.25) is 14.4 Å². The lowest BCUT2D eigenvalue weighted by atomic mass is 10.3. The lowest BCUT2D eigenvalue weighted by Crippen LogP contribution is -2.33. The van der Waals surface area contributed by atoms with Gasteiger partial charge in [-0.05, 0) is 19.1 Å². The SMILES string of the molecule is CCN(CCC(=O)O)C(=O)CCn1cccc1C=O. The third kappa shape index (κ3) is 4.57. The summed E-state index contributed by atoms with van der Waals surface area (Å²) in [5.41, 5.74) is 0.529. The average molecular weight is 266 g/mol. The van der Waals surface area contributed by atoms with Crippen molar-refractivity contribution in [3.63, 3.8) is 0 Å². The normalized spacial score (nSPS) is 10.2. The smallest absolute Gasteiger partial charge is 0.305 e. The zero-order chi connectivity index (χ0) is 14.3. The molecule has 1 N–H and O–H groups in total. The first-order valence-electron chi connectivity index (χ1n) is 6.18. The number of aromatic nitrogens is 1. The molecule has 0 aliphatic heterocycles. The highest BCUT2D eigenvalue weighted by Crippen LogP contribution is 2.03. The van der Waals surface area contributed by atoms with Gasteiger partial charge in [0.2, 0.25) is 5.91 Å². The van der Waals surface area contributed by atoms with Crippen LogP contribution in [0.1, 0.15) is 30.3 Å². The second kappa shape index (κ2) is 7.35. The molecule has 0 atom stereocenters. The van der Waals surface area contributed by atoms with Crippen molar-refractivity contribution in [3.05, 3.63) is 24.0 Å². The number of hydrogen-bond acceptors (Lipinski definition) is 3. The molecule has 1 aromatic heterocycles. The topological polar surface area (TPSA) is 79.6 Å². The molecule has 6 nitrogen and oxygen atoms in total. The maximum atomic E-state index is 11.9. The minimum Gasteiger partial charge on any atom is -0.481 e. The fourth-order valence-corrected chi connectivity index (χ4v) is 1.80. The van der Waals surface area contributed by atoms with E-state index in [1.165, 1.54) is 4.90 Å². The molecule has 19 heavy (non-hydrogen) atoms. The zero-order valence-corrected chi connectivity index (χ0v) is 10.9. The first-order chi connectivity index (χ1) is 9.08. The molecule has 1 rings (SSSR count). The Balaban J connectivity index is 2.48. The summed E-state index contributed by atoms with van der Waals surface area (Å²) in [6.07, 6.45) is 2.68. The maximum Gasteiger partial charge on any atom is 0.305 e. The van der Waals surface area contributed by atoms with E-state index in [-0.39, 0.29) is 25.3 Å². The molecular weight excluding hydrogens is 248 g/mol. The number of aliphatic carboxylic acids is 1. The second-order valence-corrected chi connectivity index (χ2v) is 4.11. The van der Waals surface area contributed by atoms with Gasteiger partial charge in [-0.2, -0.15) is 0 Å². The summed E-state index contributed by atoms with van der Waals surface area (Å²) in [6, 6.07) is 3.43. The van der Waals surface area contributed by atoms with Crippen molar-refractivity contribution in [1.29, 1.82) is 0 Å². The molecule has 0 aliphatic rings. The number of carboxylic acid groups (broad SMARTS) is 1. The number of rotatable bonds is 8. The van der Waals surface area contributed by atoms with E-state index < -0.39 is 5.97 Å². The molecule has 1 heterocycles. The van der Waals surface area contributed by atoms with Crippen molar-refractivity contribution in [2.24, 2.45) is 0 Å². The summed E-state index contributed by atoms with van der Waals surface area (Å²) < 4.78 is 1.70. The Bertz CT molecular complexity index is 453. The Labute approximate surface area is 111 Å². The number of carbonyl (C=O) groups is 3. The molecular formula is C13H18N2O4. The van der Waals surface area contributed by atoms with E-state index in [0.717, 1.165) is 6.29 Å². The first kappa shape index (κ1) is 14.9. The van der Waals surface area contributed by atoms with E-state index in [0.29, 0.717) is 18.8 Å². The number of nitrogens with zero attached hydrogens (tertiary/aromatic N) is 2. The molecule has 6 heteroatoms. The molecule has 104 valence electrons. The Morgan fingerprint density at radius 3 is 2.74 bits per heavy atom. The Kier molecular flexibility index (Phi) is 5.78. The summed E-state index contributed by atoms with van der Waals surface area (Å²) in [5, 5.41) is 8.61. The van der Waals surface area contributed by atoms with E-state index in [2.05, 4.69) is 0 Å². The van der Waals surface area contributed by atoms with Gasteiger partial charge in [0.1, 0.15) is 0 Å². The largest absolute Gasteiger partial charge is 0.481 e. The molecule has 0 radical (unpaired) electrons. The van der Waals surface area contributed by atoms with E-state index in [9.17, 15) is 14.4 Å². The lowest BCUT2D eigenvalue weighted by molar-refractivity contribution is -0.138. The molecule has 0 bridgehead atoms. The number of hydrogen-bond donors (Lipinski definition) is 1. The Morgan fingerprint density at radius 1 is 1.42 bits per heavy atom. The van der Waals surface area contributed by atoms with Gasteiger partial charge in [0.25, 0.3) is 0 Å². The van der Waals surface area contributed by atoms with Gasteiger partial charge in [-0.25, -0.2) is 0 Å². The molecule has 0 unspecified atom stereocenters. The van der Waals surface area contributed by atoms with Crippen LogP contribution in [0.15, 0.2) is 18.3 Å². The standard InChI is InChI=1S/C13H18N2O4/c1-2-14(9-6-13(18)19)12(17)5-8-15-7-3-4-11(15)10-16/h3-4,7,10H,2,5-6,8-9H2,1H3,(H,18,19). The minimum absolute atomic E-state index is 0.0529. The van der Waals surface area contributed by atoms with Crippen molar-refractivity contribution in [2.45, 2.75) is 26.3 Å². The van der Waals surface area contributed by atoms with E-state index in [1.807, 2.05) is 6.92 Å². The van der Waals surface area contributed by atoms with E-state index >= 15 is 0 Å². The summed E-state index contributed by atoms with van der Waals surface area (Å²) in [5.74, 6) is -1.02. The Morgan fingerprint density at radius 2 is 2.16 bits per heavy atom. The van der Waals surface area contributed by atoms with Gasteiger partial charge < -0.3 is 14.6 Å². The molecule has 0 fully saturated rings. The van der Waals surface area contributed by atoms with Crippen LogP contribution < -0.4 is 0 Å². The fraction of sp³-hybridized carbons (Fsp3) is 0.462. The van der Waals surface area contributed by atoms with Crippen LogP contribution in [-0.4, -0.2) is 45.8 Å². The van der Waals surface area contributed by atoms with Crippen LogP contribution in [0, 0.1) is 0 Å². The van der Waals surface area contributed by atoms with Gasteiger partial charge in [0.15, 0.2) is 6.29 Å². The highest BCUT2D eigenvalue weighted by atomic mass is 16.4. The minimum atomic E-state index is -0.917. The molecule has 0 saturated carbocycles. The molecule has 0 saturated heterocycles. The van der Waals surface area contributed by atoms with Crippen LogP contribution >= 0.6 is 0 Å². The van der Waals surface area contributed by atoms with Crippen LogP contribution in [0.25, 0.3) is 0 Å². The highest BCUT2D eigenvalue weighted by Gasteiger charge is 2.13. The number of carboxylic acids is 1. The van der Waals surface area contributed by atoms with Crippen LogP contribution in [0.3, 0.4) is 0 Å². The maximum absolute atomic E-state index is 11.9. The van der Waals surface area contributed by atoms with Gasteiger partial charge >= 0.3 is 5.97 Å². The summed E-state index contributed by atoms with van der Waals surface area (Å²) >= 11 is 0. The summed E-state index contributed by atoms with van der Waals surface area (Å²) in [4.78, 5) is 34.6. The predicted molar refractivity (Wildman–Crippen MR) is 68.9 cm³/mol. The molecule has 0 spiro atoms. The van der Waals surface area contributed by atoms with Crippen molar-refractivity contribution < 1.29 is 19.5 Å². The van der Waals surface area contributed by atoms with Crippen molar-refractivity contribution >= 4 is 18.2 Å². The fourth-order valence-electron chi connectivity index (χ4n) is 1.80. The molecule has 1 amide bonds. The number of aryl methyl sites for hydroxylation is 1. The van der Waals surface area contributed by atoms with Crippen LogP contribution in [-0.2, 0) is 16.1 Å². The number of aldehydes is 1. The molecule has 0 aromatic carbocycles. The van der Waals surface area contributed by atoms with E-state index in [4.69, 9.17) is 5.11 Å². The van der Waals surface area contributed by atoms with Crippen LogP contribution in [0.2, 0.25) is 0 Å². The van der Waals surface area contributed by atoms with Crippen molar-refractivity contribution in [1.82, 2.24) is 9.47 Å². The lowest BCUT2D eigenvalue weighted by Gasteiger charge is -2.20. The first-order valence-corrected chi connectivity index (χ1v) is 6.18. The summed E-state index contributed by atoms with van der Waals surface area (Å²) in [6.45, 7) is 2.94. The quantitative estimate of drug-likeness (QED) is 0.712. The monoisotopic (exact) mass is 266 g/mol. The van der Waals surface area contributed by atoms with Gasteiger partial charge in [-0.1, -0.05) is 0 Å². The third-order valence-corrected chi connectivity index (χ3v) is 2.88. The van der Waals surface area contributed by atoms with Crippen molar-refractivity contribution in [3.8, 4) is 0 Å².